The fourth-order valence-electron chi connectivity index (χ4n) is 2.71. The van der Waals surface area contributed by atoms with Crippen LogP contribution in [0.3, 0.4) is 0 Å². The summed E-state index contributed by atoms with van der Waals surface area (Å²) in [5, 5.41) is 0. The Bertz CT molecular complexity index is 799. The number of nitrogens with zero attached hydrogens (tertiary/aromatic N) is 2. The third kappa shape index (κ3) is 3.88. The Balaban J connectivity index is 1.88. The Morgan fingerprint density at radius 3 is 2.96 bits per heavy atom. The second-order valence-corrected chi connectivity index (χ2v) is 7.34. The Labute approximate surface area is 149 Å². The Morgan fingerprint density at radius 1 is 1.46 bits per heavy atom. The summed E-state index contributed by atoms with van der Waals surface area (Å²) >= 11 is 7.48. The lowest BCUT2D eigenvalue weighted by molar-refractivity contribution is 0.0754. The average molecular weight is 367 g/mol. The number of rotatable bonds is 4. The number of methoxy groups -OCH3 is 1. The maximum Gasteiger partial charge on any atom is 0.283 e. The molecule has 7 heteroatoms. The number of carbonyl (C=O) groups excluding carboxylic acids is 1. The molecular weight excluding hydrogens is 348 g/mol. The highest BCUT2D eigenvalue weighted by Crippen LogP contribution is 2.23. The van der Waals surface area contributed by atoms with Gasteiger partial charge in [0.15, 0.2) is 4.80 Å². The number of benzene rings is 1. The predicted molar refractivity (Wildman–Crippen MR) is 93.7 cm³/mol. The van der Waals surface area contributed by atoms with Crippen LogP contribution >= 0.6 is 22.9 Å². The summed E-state index contributed by atoms with van der Waals surface area (Å²) in [6.45, 7) is 2.64. The van der Waals surface area contributed by atoms with Crippen molar-refractivity contribution in [1.82, 2.24) is 4.57 Å². The quantitative estimate of drug-likeness (QED) is 0.780. The summed E-state index contributed by atoms with van der Waals surface area (Å²) in [5.41, 5.74) is 0.237. The molecular formula is C17H19ClN2O3S. The number of thiazole rings is 1. The molecule has 1 saturated heterocycles. The predicted octanol–water partition coefficient (Wildman–Crippen LogP) is 3.35. The van der Waals surface area contributed by atoms with Crippen LogP contribution in [-0.4, -0.2) is 29.3 Å². The van der Waals surface area contributed by atoms with Crippen LogP contribution in [0.25, 0.3) is 0 Å². The fraction of sp³-hybridized carbons (Fsp3) is 0.412. The number of aryl methyl sites for hydroxylation is 1. The molecule has 0 saturated carbocycles. The monoisotopic (exact) mass is 366 g/mol. The number of hydrogen-bond donors (Lipinski definition) is 0. The average Bonchev–Trinajstić information content (AvgIpc) is 3.13. The Kier molecular flexibility index (Phi) is 5.38. The molecule has 1 amide bonds. The molecule has 0 aliphatic carbocycles. The van der Waals surface area contributed by atoms with Crippen LogP contribution in [0.2, 0.25) is 0 Å². The van der Waals surface area contributed by atoms with Crippen LogP contribution in [0, 0.1) is 6.92 Å². The highest BCUT2D eigenvalue weighted by atomic mass is 35.5. The van der Waals surface area contributed by atoms with Crippen molar-refractivity contribution in [2.24, 2.45) is 4.99 Å². The number of alkyl halides is 1. The second-order valence-electron chi connectivity index (χ2n) is 5.64. The van der Waals surface area contributed by atoms with Crippen molar-refractivity contribution in [1.29, 1.82) is 0 Å². The summed E-state index contributed by atoms with van der Waals surface area (Å²) in [4.78, 5) is 18.6. The van der Waals surface area contributed by atoms with Gasteiger partial charge in [-0.25, -0.2) is 0 Å². The van der Waals surface area contributed by atoms with E-state index in [2.05, 4.69) is 4.99 Å². The molecule has 0 bridgehead atoms. The van der Waals surface area contributed by atoms with E-state index in [-0.39, 0.29) is 17.6 Å². The van der Waals surface area contributed by atoms with Gasteiger partial charge in [-0.3, -0.25) is 4.79 Å². The lowest BCUT2D eigenvalue weighted by Gasteiger charge is -2.11. The van der Waals surface area contributed by atoms with E-state index in [0.717, 1.165) is 17.7 Å². The lowest BCUT2D eigenvalue weighted by atomic mass is 10.2. The van der Waals surface area contributed by atoms with Crippen LogP contribution in [0.5, 0.6) is 5.75 Å². The van der Waals surface area contributed by atoms with Gasteiger partial charge in [-0.1, -0.05) is 23.7 Å². The van der Waals surface area contributed by atoms with E-state index < -0.39 is 0 Å². The summed E-state index contributed by atoms with van der Waals surface area (Å²) < 4.78 is 12.9. The maximum absolute atomic E-state index is 12.5. The second kappa shape index (κ2) is 7.51. The summed E-state index contributed by atoms with van der Waals surface area (Å²) in [6.07, 6.45) is 3.81. The van der Waals surface area contributed by atoms with Crippen molar-refractivity contribution in [3.63, 3.8) is 0 Å². The topological polar surface area (TPSA) is 52.8 Å². The normalized spacial score (nSPS) is 21.2. The molecule has 2 atom stereocenters. The highest BCUT2D eigenvalue weighted by Gasteiger charge is 2.24. The first-order chi connectivity index (χ1) is 11.6. The minimum Gasteiger partial charge on any atom is -0.496 e. The Morgan fingerprint density at radius 2 is 2.25 bits per heavy atom. The molecule has 3 rings (SSSR count). The number of para-hydroxylation sites is 1. The lowest BCUT2D eigenvalue weighted by Crippen LogP contribution is -2.24. The molecule has 1 aromatic carbocycles. The zero-order valence-electron chi connectivity index (χ0n) is 13.6. The van der Waals surface area contributed by atoms with Crippen molar-refractivity contribution in [2.75, 3.05) is 7.11 Å². The van der Waals surface area contributed by atoms with Crippen molar-refractivity contribution in [2.45, 2.75) is 38.0 Å². The van der Waals surface area contributed by atoms with Crippen LogP contribution in [0.4, 0.5) is 0 Å². The van der Waals surface area contributed by atoms with E-state index in [1.54, 1.807) is 25.3 Å². The van der Waals surface area contributed by atoms with Gasteiger partial charge in [-0.05, 0) is 31.9 Å². The summed E-state index contributed by atoms with van der Waals surface area (Å²) in [7, 11) is 1.54. The third-order valence-corrected chi connectivity index (χ3v) is 5.08. The standard InChI is InChI=1S/C17H19ClN2O3S/c1-11-9-20(10-12-7-8-15(18)23-12)17(24-11)19-16(21)13-5-3-4-6-14(13)22-2/h3-6,9,12,15H,7-8,10H2,1-2H3/t12-,15?/m0/s1. The highest BCUT2D eigenvalue weighted by molar-refractivity contribution is 7.09. The smallest absolute Gasteiger partial charge is 0.283 e. The molecule has 1 aromatic heterocycles. The number of ether oxygens (including phenoxy) is 2. The van der Waals surface area contributed by atoms with E-state index >= 15 is 0 Å². The molecule has 1 aliphatic rings. The molecule has 2 heterocycles. The van der Waals surface area contributed by atoms with Crippen LogP contribution < -0.4 is 9.54 Å². The van der Waals surface area contributed by atoms with Gasteiger partial charge in [0, 0.05) is 11.1 Å². The SMILES string of the molecule is COc1ccccc1C(=O)N=c1sc(C)cn1C[C@@H]1CCC(Cl)O1. The first-order valence-corrected chi connectivity index (χ1v) is 9.00. The van der Waals surface area contributed by atoms with Gasteiger partial charge in [-0.15, -0.1) is 11.3 Å². The minimum absolute atomic E-state index is 0.0572. The first-order valence-electron chi connectivity index (χ1n) is 7.75. The van der Waals surface area contributed by atoms with Crippen LogP contribution in [0.1, 0.15) is 28.1 Å². The van der Waals surface area contributed by atoms with Crippen molar-refractivity contribution in [3.05, 3.63) is 45.7 Å². The first kappa shape index (κ1) is 17.2. The largest absolute Gasteiger partial charge is 0.496 e. The molecule has 1 aliphatic heterocycles. The zero-order valence-corrected chi connectivity index (χ0v) is 15.1. The van der Waals surface area contributed by atoms with Gasteiger partial charge in [0.25, 0.3) is 5.91 Å². The van der Waals surface area contributed by atoms with E-state index in [9.17, 15) is 4.79 Å². The maximum atomic E-state index is 12.5. The van der Waals surface area contributed by atoms with Crippen molar-refractivity contribution in [3.8, 4) is 5.75 Å². The van der Waals surface area contributed by atoms with E-state index in [1.807, 2.05) is 23.8 Å². The fourth-order valence-corrected chi connectivity index (χ4v) is 3.82. The summed E-state index contributed by atoms with van der Waals surface area (Å²) in [5.74, 6) is 0.209. The number of halogens is 1. The van der Waals surface area contributed by atoms with Crippen molar-refractivity contribution >= 4 is 28.8 Å². The van der Waals surface area contributed by atoms with Crippen LogP contribution in [-0.2, 0) is 11.3 Å². The van der Waals surface area contributed by atoms with Gasteiger partial charge >= 0.3 is 0 Å². The van der Waals surface area contributed by atoms with Crippen molar-refractivity contribution < 1.29 is 14.3 Å². The van der Waals surface area contributed by atoms with Gasteiger partial charge in [-0.2, -0.15) is 4.99 Å². The molecule has 24 heavy (non-hydrogen) atoms. The van der Waals surface area contributed by atoms with Crippen LogP contribution in [0.15, 0.2) is 35.5 Å². The number of aromatic nitrogens is 1. The number of amides is 1. The molecule has 0 radical (unpaired) electrons. The molecule has 1 unspecified atom stereocenters. The molecule has 2 aromatic rings. The van der Waals surface area contributed by atoms with E-state index in [4.69, 9.17) is 21.1 Å². The summed E-state index contributed by atoms with van der Waals surface area (Å²) in [6, 6.07) is 7.09. The molecule has 0 N–H and O–H groups in total. The number of carbonyl (C=O) groups is 1. The van der Waals surface area contributed by atoms with Gasteiger partial charge in [0.05, 0.1) is 25.3 Å². The van der Waals surface area contributed by atoms with E-state index in [0.29, 0.717) is 22.7 Å². The minimum atomic E-state index is -0.314. The molecule has 5 nitrogen and oxygen atoms in total. The zero-order chi connectivity index (χ0) is 17.1. The molecule has 128 valence electrons. The molecule has 0 spiro atoms. The Hall–Kier alpha value is -1.63. The third-order valence-electron chi connectivity index (χ3n) is 3.83. The number of hydrogen-bond acceptors (Lipinski definition) is 4. The van der Waals surface area contributed by atoms with Gasteiger partial charge in [0.1, 0.15) is 11.3 Å². The molecule has 1 fully saturated rings. The van der Waals surface area contributed by atoms with Gasteiger partial charge < -0.3 is 14.0 Å². The van der Waals surface area contributed by atoms with Gasteiger partial charge in [0.2, 0.25) is 0 Å². The van der Waals surface area contributed by atoms with E-state index in [1.165, 1.54) is 11.3 Å².